The van der Waals surface area contributed by atoms with E-state index < -0.39 is 0 Å². The van der Waals surface area contributed by atoms with Crippen LogP contribution in [0.1, 0.15) is 32.6 Å². The van der Waals surface area contributed by atoms with Gasteiger partial charge < -0.3 is 15.4 Å². The van der Waals surface area contributed by atoms with Crippen molar-refractivity contribution in [3.8, 4) is 11.3 Å². The van der Waals surface area contributed by atoms with Gasteiger partial charge in [0.25, 0.3) is 0 Å². The van der Waals surface area contributed by atoms with Crippen LogP contribution in [0.25, 0.3) is 11.3 Å². The maximum atomic E-state index is 13.2. The predicted molar refractivity (Wildman–Crippen MR) is 98.4 cm³/mol. The van der Waals surface area contributed by atoms with Crippen molar-refractivity contribution in [2.45, 2.75) is 44.2 Å². The number of nitrogens with zero attached hydrogens (tertiary/aromatic N) is 1. The Kier molecular flexibility index (Phi) is 4.34. The molecule has 5 heteroatoms. The standard InChI is InChI=1S/C20H24FN3O/c1-20(11-12-25-13-20)24-19-18(22-16-3-2-4-16)10-9-17(23-19)14-5-7-15(21)8-6-14/h5-10,16,22H,2-4,11-13H2,1H3,(H,23,24). The molecule has 1 aliphatic carbocycles. The lowest BCUT2D eigenvalue weighted by molar-refractivity contribution is 0.185. The number of rotatable bonds is 5. The maximum Gasteiger partial charge on any atom is 0.150 e. The maximum absolute atomic E-state index is 13.2. The van der Waals surface area contributed by atoms with Crippen LogP contribution in [-0.4, -0.2) is 29.8 Å². The molecule has 1 saturated heterocycles. The van der Waals surface area contributed by atoms with Crippen molar-refractivity contribution < 1.29 is 9.13 Å². The highest BCUT2D eigenvalue weighted by atomic mass is 19.1. The molecule has 132 valence electrons. The van der Waals surface area contributed by atoms with E-state index in [0.717, 1.165) is 35.8 Å². The fourth-order valence-electron chi connectivity index (χ4n) is 3.28. The highest BCUT2D eigenvalue weighted by Gasteiger charge is 2.31. The number of anilines is 2. The number of ether oxygens (including phenoxy) is 1. The van der Waals surface area contributed by atoms with E-state index in [0.29, 0.717) is 12.6 Å². The van der Waals surface area contributed by atoms with Crippen molar-refractivity contribution >= 4 is 11.5 Å². The first-order valence-corrected chi connectivity index (χ1v) is 9.01. The van der Waals surface area contributed by atoms with Crippen molar-refractivity contribution in [2.75, 3.05) is 23.8 Å². The average Bonchev–Trinajstić information content (AvgIpc) is 2.99. The summed E-state index contributed by atoms with van der Waals surface area (Å²) in [6.45, 7) is 3.62. The first kappa shape index (κ1) is 16.3. The van der Waals surface area contributed by atoms with Gasteiger partial charge in [-0.1, -0.05) is 0 Å². The van der Waals surface area contributed by atoms with Crippen LogP contribution in [0.15, 0.2) is 36.4 Å². The lowest BCUT2D eigenvalue weighted by Gasteiger charge is -2.31. The molecule has 2 aliphatic rings. The molecule has 1 aliphatic heterocycles. The second-order valence-corrected chi connectivity index (χ2v) is 7.36. The van der Waals surface area contributed by atoms with E-state index in [2.05, 4.69) is 23.6 Å². The fraction of sp³-hybridized carbons (Fsp3) is 0.450. The van der Waals surface area contributed by atoms with Crippen molar-refractivity contribution in [3.05, 3.63) is 42.2 Å². The average molecular weight is 341 g/mol. The second-order valence-electron chi connectivity index (χ2n) is 7.36. The molecule has 2 aromatic rings. The van der Waals surface area contributed by atoms with Crippen molar-refractivity contribution in [2.24, 2.45) is 0 Å². The topological polar surface area (TPSA) is 46.2 Å². The Balaban J connectivity index is 1.65. The Bertz CT molecular complexity index is 737. The van der Waals surface area contributed by atoms with E-state index in [-0.39, 0.29) is 11.4 Å². The molecule has 1 aromatic carbocycles. The molecular weight excluding hydrogens is 317 g/mol. The fourth-order valence-corrected chi connectivity index (χ4v) is 3.28. The smallest absolute Gasteiger partial charge is 0.150 e. The zero-order valence-electron chi connectivity index (χ0n) is 14.5. The Hall–Kier alpha value is -2.14. The van der Waals surface area contributed by atoms with Crippen LogP contribution in [0.5, 0.6) is 0 Å². The van der Waals surface area contributed by atoms with Gasteiger partial charge in [0.15, 0.2) is 5.82 Å². The molecule has 1 unspecified atom stereocenters. The molecule has 1 atom stereocenters. The van der Waals surface area contributed by atoms with E-state index in [4.69, 9.17) is 9.72 Å². The van der Waals surface area contributed by atoms with Gasteiger partial charge in [-0.25, -0.2) is 9.37 Å². The molecule has 4 rings (SSSR count). The monoisotopic (exact) mass is 341 g/mol. The summed E-state index contributed by atoms with van der Waals surface area (Å²) in [4.78, 5) is 4.84. The SMILES string of the molecule is CC1(Nc2nc(-c3ccc(F)cc3)ccc2NC2CCC2)CCOC1. The Labute approximate surface area is 147 Å². The van der Waals surface area contributed by atoms with Gasteiger partial charge in [0.1, 0.15) is 5.82 Å². The minimum absolute atomic E-state index is 0.107. The third kappa shape index (κ3) is 3.61. The number of benzene rings is 1. The van der Waals surface area contributed by atoms with Gasteiger partial charge >= 0.3 is 0 Å². The first-order valence-electron chi connectivity index (χ1n) is 9.01. The molecule has 0 amide bonds. The number of halogens is 1. The normalized spacial score (nSPS) is 23.3. The summed E-state index contributed by atoms with van der Waals surface area (Å²) in [6.07, 6.45) is 4.66. The molecule has 2 N–H and O–H groups in total. The number of hydrogen-bond acceptors (Lipinski definition) is 4. The molecule has 1 saturated carbocycles. The lowest BCUT2D eigenvalue weighted by Crippen LogP contribution is -2.36. The second kappa shape index (κ2) is 6.64. The van der Waals surface area contributed by atoms with Gasteiger partial charge in [-0.15, -0.1) is 0 Å². The van der Waals surface area contributed by atoms with E-state index >= 15 is 0 Å². The molecular formula is C20H24FN3O. The minimum atomic E-state index is -0.235. The van der Waals surface area contributed by atoms with E-state index in [1.807, 2.05) is 6.07 Å². The van der Waals surface area contributed by atoms with E-state index in [9.17, 15) is 4.39 Å². The van der Waals surface area contributed by atoms with Crippen LogP contribution in [0.2, 0.25) is 0 Å². The molecule has 2 heterocycles. The summed E-state index contributed by atoms with van der Waals surface area (Å²) < 4.78 is 18.8. The Morgan fingerprint density at radius 1 is 1.16 bits per heavy atom. The zero-order valence-corrected chi connectivity index (χ0v) is 14.5. The molecule has 2 fully saturated rings. The van der Waals surface area contributed by atoms with Gasteiger partial charge in [0.2, 0.25) is 0 Å². The Morgan fingerprint density at radius 2 is 1.96 bits per heavy atom. The molecule has 25 heavy (non-hydrogen) atoms. The molecule has 1 aromatic heterocycles. The minimum Gasteiger partial charge on any atom is -0.379 e. The van der Waals surface area contributed by atoms with Gasteiger partial charge in [-0.05, 0) is 69.0 Å². The molecule has 0 bridgehead atoms. The van der Waals surface area contributed by atoms with Crippen LogP contribution in [-0.2, 0) is 4.74 Å². The highest BCUT2D eigenvalue weighted by molar-refractivity contribution is 5.71. The van der Waals surface area contributed by atoms with Crippen LogP contribution in [0, 0.1) is 5.82 Å². The van der Waals surface area contributed by atoms with Crippen molar-refractivity contribution in [1.82, 2.24) is 4.98 Å². The molecule has 0 radical (unpaired) electrons. The van der Waals surface area contributed by atoms with Gasteiger partial charge in [0.05, 0.1) is 23.5 Å². The van der Waals surface area contributed by atoms with Crippen LogP contribution >= 0.6 is 0 Å². The van der Waals surface area contributed by atoms with Gasteiger partial charge in [0, 0.05) is 18.2 Å². The van der Waals surface area contributed by atoms with Crippen LogP contribution in [0.4, 0.5) is 15.9 Å². The quantitative estimate of drug-likeness (QED) is 0.844. The molecule has 0 spiro atoms. The van der Waals surface area contributed by atoms with Crippen LogP contribution < -0.4 is 10.6 Å². The molecule has 4 nitrogen and oxygen atoms in total. The number of hydrogen-bond donors (Lipinski definition) is 2. The largest absolute Gasteiger partial charge is 0.379 e. The lowest BCUT2D eigenvalue weighted by atomic mass is 9.93. The van der Waals surface area contributed by atoms with Crippen molar-refractivity contribution in [1.29, 1.82) is 0 Å². The summed E-state index contributed by atoms with van der Waals surface area (Å²) in [5.74, 6) is 0.614. The number of nitrogens with one attached hydrogen (secondary N) is 2. The number of aromatic nitrogens is 1. The Morgan fingerprint density at radius 3 is 2.60 bits per heavy atom. The third-order valence-corrected chi connectivity index (χ3v) is 5.14. The summed E-state index contributed by atoms with van der Waals surface area (Å²) in [5.41, 5.74) is 2.67. The highest BCUT2D eigenvalue weighted by Crippen LogP contribution is 2.33. The first-order chi connectivity index (χ1) is 12.1. The summed E-state index contributed by atoms with van der Waals surface area (Å²) in [5, 5.41) is 7.19. The summed E-state index contributed by atoms with van der Waals surface area (Å²) >= 11 is 0. The zero-order chi connectivity index (χ0) is 17.3. The van der Waals surface area contributed by atoms with Gasteiger partial charge in [-0.2, -0.15) is 0 Å². The van der Waals surface area contributed by atoms with Gasteiger partial charge in [-0.3, -0.25) is 0 Å². The van der Waals surface area contributed by atoms with Crippen LogP contribution in [0.3, 0.4) is 0 Å². The number of pyridine rings is 1. The summed E-state index contributed by atoms with van der Waals surface area (Å²) in [6, 6.07) is 11.1. The van der Waals surface area contributed by atoms with E-state index in [1.54, 1.807) is 12.1 Å². The summed E-state index contributed by atoms with van der Waals surface area (Å²) in [7, 11) is 0. The predicted octanol–water partition coefficient (Wildman–Crippen LogP) is 4.44. The third-order valence-electron chi connectivity index (χ3n) is 5.14. The van der Waals surface area contributed by atoms with E-state index in [1.165, 1.54) is 31.4 Å². The van der Waals surface area contributed by atoms with Crippen molar-refractivity contribution in [3.63, 3.8) is 0 Å².